The summed E-state index contributed by atoms with van der Waals surface area (Å²) in [5, 5.41) is 2.72. The van der Waals surface area contributed by atoms with Crippen molar-refractivity contribution in [2.45, 2.75) is 64.5 Å². The van der Waals surface area contributed by atoms with Crippen molar-refractivity contribution < 1.29 is 19.2 Å². The van der Waals surface area contributed by atoms with Gasteiger partial charge in [0.1, 0.15) is 0 Å². The number of nitrogens with zero attached hydrogens (tertiary/aromatic N) is 3. The Morgan fingerprint density at radius 3 is 1.88 bits per heavy atom. The molecule has 40 heavy (non-hydrogen) atoms. The summed E-state index contributed by atoms with van der Waals surface area (Å²) in [6, 6.07) is 19.9. The first-order valence-electron chi connectivity index (χ1n) is 14.6. The maximum Gasteiger partial charge on any atom is 0.312 e. The molecular weight excluding hydrogens is 504 g/mol. The van der Waals surface area contributed by atoms with Crippen molar-refractivity contribution in [2.75, 3.05) is 32.7 Å². The van der Waals surface area contributed by atoms with Gasteiger partial charge in [0.05, 0.1) is 6.04 Å². The normalized spacial score (nSPS) is 19.9. The van der Waals surface area contributed by atoms with E-state index in [1.54, 1.807) is 14.7 Å². The Morgan fingerprint density at radius 1 is 0.725 bits per heavy atom. The summed E-state index contributed by atoms with van der Waals surface area (Å²) in [5.41, 5.74) is 2.28. The van der Waals surface area contributed by atoms with Gasteiger partial charge >= 0.3 is 23.6 Å². The standard InChI is InChI=1S/C32H42N4O4/c1-24(2)21-28-23-34(31(39)32(40)36(28)20-17-26-13-7-4-8-14-26)18-10-9-15-27-22-33-29(37)30(38)35(27)19-16-25-11-5-3-6-12-25/h3-8,11-14,24,27-28H,9-10,15-23H2,1-2H3,(H,33,37)/t27-,28+/m1/s1. The van der Waals surface area contributed by atoms with E-state index in [9.17, 15) is 19.2 Å². The molecule has 2 heterocycles. The number of rotatable bonds is 13. The van der Waals surface area contributed by atoms with Crippen LogP contribution in [-0.2, 0) is 32.0 Å². The van der Waals surface area contributed by atoms with Crippen LogP contribution in [0.15, 0.2) is 60.7 Å². The van der Waals surface area contributed by atoms with Gasteiger partial charge in [0.25, 0.3) is 0 Å². The first kappa shape index (κ1) is 29.3. The summed E-state index contributed by atoms with van der Waals surface area (Å²) in [4.78, 5) is 56.1. The number of carbonyl (C=O) groups excluding carboxylic acids is 4. The molecule has 8 heteroatoms. The van der Waals surface area contributed by atoms with Crippen molar-refractivity contribution in [2.24, 2.45) is 5.92 Å². The minimum absolute atomic E-state index is 0.00793. The lowest BCUT2D eigenvalue weighted by molar-refractivity contribution is -0.159. The number of unbranched alkanes of at least 4 members (excludes halogenated alkanes) is 1. The molecule has 4 amide bonds. The van der Waals surface area contributed by atoms with Gasteiger partial charge in [0.15, 0.2) is 0 Å². The molecule has 0 radical (unpaired) electrons. The monoisotopic (exact) mass is 546 g/mol. The molecule has 214 valence electrons. The van der Waals surface area contributed by atoms with Gasteiger partial charge in [-0.05, 0) is 55.6 Å². The van der Waals surface area contributed by atoms with E-state index in [4.69, 9.17) is 0 Å². The third kappa shape index (κ3) is 7.71. The van der Waals surface area contributed by atoms with Crippen LogP contribution in [0, 0.1) is 5.92 Å². The predicted molar refractivity (Wildman–Crippen MR) is 154 cm³/mol. The zero-order valence-electron chi connectivity index (χ0n) is 23.8. The second kappa shape index (κ2) is 14.1. The summed E-state index contributed by atoms with van der Waals surface area (Å²) in [6.45, 7) is 6.84. The Hall–Kier alpha value is -3.68. The SMILES string of the molecule is CC(C)C[C@H]1CN(CCCC[C@@H]2CNC(=O)C(=O)N2CCc2ccccc2)C(=O)C(=O)N1CCc1ccccc1. The quantitative estimate of drug-likeness (QED) is 0.309. The molecule has 2 saturated heterocycles. The number of benzene rings is 2. The zero-order chi connectivity index (χ0) is 28.5. The maximum absolute atomic E-state index is 13.2. The number of hydrogen-bond donors (Lipinski definition) is 1. The maximum atomic E-state index is 13.2. The lowest BCUT2D eigenvalue weighted by Gasteiger charge is -2.41. The van der Waals surface area contributed by atoms with E-state index in [2.05, 4.69) is 19.2 Å². The highest BCUT2D eigenvalue weighted by atomic mass is 16.2. The van der Waals surface area contributed by atoms with Crippen LogP contribution >= 0.6 is 0 Å². The van der Waals surface area contributed by atoms with E-state index < -0.39 is 23.6 Å². The van der Waals surface area contributed by atoms with Gasteiger partial charge < -0.3 is 20.0 Å². The van der Waals surface area contributed by atoms with E-state index in [1.165, 1.54) is 0 Å². The highest BCUT2D eigenvalue weighted by Crippen LogP contribution is 2.21. The van der Waals surface area contributed by atoms with Gasteiger partial charge in [-0.25, -0.2) is 0 Å². The van der Waals surface area contributed by atoms with Crippen molar-refractivity contribution in [1.82, 2.24) is 20.0 Å². The number of carbonyl (C=O) groups is 4. The highest BCUT2D eigenvalue weighted by Gasteiger charge is 2.39. The smallest absolute Gasteiger partial charge is 0.312 e. The molecule has 0 unspecified atom stereocenters. The largest absolute Gasteiger partial charge is 0.346 e. The first-order chi connectivity index (χ1) is 19.3. The van der Waals surface area contributed by atoms with Crippen LogP contribution in [0.4, 0.5) is 0 Å². The second-order valence-electron chi connectivity index (χ2n) is 11.4. The van der Waals surface area contributed by atoms with E-state index >= 15 is 0 Å². The van der Waals surface area contributed by atoms with Crippen molar-refractivity contribution in [3.05, 3.63) is 71.8 Å². The second-order valence-corrected chi connectivity index (χ2v) is 11.4. The van der Waals surface area contributed by atoms with E-state index in [0.29, 0.717) is 45.1 Å². The van der Waals surface area contributed by atoms with E-state index in [-0.39, 0.29) is 12.1 Å². The Kier molecular flexibility index (Phi) is 10.3. The summed E-state index contributed by atoms with van der Waals surface area (Å²) in [5.74, 6) is -1.43. The first-order valence-corrected chi connectivity index (χ1v) is 14.6. The third-order valence-electron chi connectivity index (χ3n) is 7.92. The molecule has 2 aliphatic rings. The minimum atomic E-state index is -0.547. The summed E-state index contributed by atoms with van der Waals surface area (Å²) < 4.78 is 0. The molecule has 4 rings (SSSR count). The summed E-state index contributed by atoms with van der Waals surface area (Å²) >= 11 is 0. The van der Waals surface area contributed by atoms with Crippen molar-refractivity contribution in [3.8, 4) is 0 Å². The molecule has 0 bridgehead atoms. The van der Waals surface area contributed by atoms with Crippen molar-refractivity contribution in [1.29, 1.82) is 0 Å². The molecule has 2 atom stereocenters. The van der Waals surface area contributed by atoms with Gasteiger partial charge in [-0.2, -0.15) is 0 Å². The number of amides is 4. The Bertz CT molecular complexity index is 1150. The third-order valence-corrected chi connectivity index (χ3v) is 7.92. The lowest BCUT2D eigenvalue weighted by atomic mass is 9.98. The predicted octanol–water partition coefficient (Wildman–Crippen LogP) is 3.05. The Balaban J connectivity index is 1.30. The lowest BCUT2D eigenvalue weighted by Crippen LogP contribution is -2.60. The zero-order valence-corrected chi connectivity index (χ0v) is 23.8. The van der Waals surface area contributed by atoms with Gasteiger partial charge in [0, 0.05) is 38.8 Å². The number of hydrogen-bond acceptors (Lipinski definition) is 4. The van der Waals surface area contributed by atoms with Crippen LogP contribution in [0.25, 0.3) is 0 Å². The summed E-state index contributed by atoms with van der Waals surface area (Å²) in [7, 11) is 0. The van der Waals surface area contributed by atoms with Gasteiger partial charge in [-0.15, -0.1) is 0 Å². The molecule has 2 fully saturated rings. The fourth-order valence-electron chi connectivity index (χ4n) is 5.79. The number of nitrogens with one attached hydrogen (secondary N) is 1. The van der Waals surface area contributed by atoms with Crippen LogP contribution in [0.3, 0.4) is 0 Å². The average Bonchev–Trinajstić information content (AvgIpc) is 2.95. The summed E-state index contributed by atoms with van der Waals surface area (Å²) in [6.07, 6.45) is 4.54. The van der Waals surface area contributed by atoms with Gasteiger partial charge in [0.2, 0.25) is 0 Å². The van der Waals surface area contributed by atoms with Crippen LogP contribution in [0.1, 0.15) is 50.7 Å². The van der Waals surface area contributed by atoms with E-state index in [1.807, 2.05) is 60.7 Å². The minimum Gasteiger partial charge on any atom is -0.346 e. The molecule has 2 aromatic carbocycles. The van der Waals surface area contributed by atoms with Crippen LogP contribution < -0.4 is 5.32 Å². The molecule has 0 aromatic heterocycles. The molecule has 1 N–H and O–H groups in total. The van der Waals surface area contributed by atoms with E-state index in [0.717, 1.165) is 43.2 Å². The fraction of sp³-hybridized carbons (Fsp3) is 0.500. The molecule has 8 nitrogen and oxygen atoms in total. The van der Waals surface area contributed by atoms with Gasteiger partial charge in [-0.1, -0.05) is 74.5 Å². The molecule has 0 aliphatic carbocycles. The van der Waals surface area contributed by atoms with Crippen molar-refractivity contribution in [3.63, 3.8) is 0 Å². The molecule has 2 aromatic rings. The molecule has 0 saturated carbocycles. The highest BCUT2D eigenvalue weighted by molar-refractivity contribution is 6.36. The van der Waals surface area contributed by atoms with Crippen LogP contribution in [0.5, 0.6) is 0 Å². The Labute approximate surface area is 237 Å². The fourth-order valence-corrected chi connectivity index (χ4v) is 5.79. The molecular formula is C32H42N4O4. The van der Waals surface area contributed by atoms with Crippen LogP contribution in [0.2, 0.25) is 0 Å². The van der Waals surface area contributed by atoms with Gasteiger partial charge in [-0.3, -0.25) is 19.2 Å². The average molecular weight is 547 g/mol. The number of piperazine rings is 2. The topological polar surface area (TPSA) is 90.0 Å². The van der Waals surface area contributed by atoms with Crippen molar-refractivity contribution >= 4 is 23.6 Å². The Morgan fingerprint density at radius 2 is 1.30 bits per heavy atom. The molecule has 2 aliphatic heterocycles. The molecule has 0 spiro atoms. The van der Waals surface area contributed by atoms with Crippen LogP contribution in [-0.4, -0.2) is 83.1 Å².